The van der Waals surface area contributed by atoms with Gasteiger partial charge < -0.3 is 15.0 Å². The van der Waals surface area contributed by atoms with Gasteiger partial charge in [0.15, 0.2) is 0 Å². The standard InChI is InChI=1S/C27H29N5O2/c1-20-18-32(13-12-29-20)19-21-6-9-24(10-7-21)31(2)27(33)15-23-8-11-26(17-30-23)34-25-5-3-4-22(14-25)16-28/h3-11,14,17,20,29H,12-13,15,18-19H2,1-2H3/t20-/m0/s1. The zero-order chi connectivity index (χ0) is 23.9. The highest BCUT2D eigenvalue weighted by atomic mass is 16.5. The van der Waals surface area contributed by atoms with Gasteiger partial charge in [0.2, 0.25) is 5.91 Å². The monoisotopic (exact) mass is 455 g/mol. The molecule has 1 fully saturated rings. The number of nitrogens with one attached hydrogen (secondary N) is 1. The summed E-state index contributed by atoms with van der Waals surface area (Å²) < 4.78 is 5.75. The molecule has 4 rings (SSSR count). The second-order valence-corrected chi connectivity index (χ2v) is 8.61. The maximum absolute atomic E-state index is 12.8. The van der Waals surface area contributed by atoms with Crippen molar-refractivity contribution in [3.63, 3.8) is 0 Å². The number of piperazine rings is 1. The topological polar surface area (TPSA) is 81.5 Å². The Bertz CT molecular complexity index is 1150. The van der Waals surface area contributed by atoms with E-state index in [1.807, 2.05) is 12.1 Å². The van der Waals surface area contributed by atoms with Gasteiger partial charge in [0.25, 0.3) is 0 Å². The minimum atomic E-state index is -0.0356. The smallest absolute Gasteiger partial charge is 0.232 e. The summed E-state index contributed by atoms with van der Waals surface area (Å²) in [5, 5.41) is 12.5. The van der Waals surface area contributed by atoms with E-state index in [-0.39, 0.29) is 12.3 Å². The van der Waals surface area contributed by atoms with Crippen molar-refractivity contribution in [3.05, 3.63) is 83.7 Å². The van der Waals surface area contributed by atoms with E-state index in [1.54, 1.807) is 54.5 Å². The second kappa shape index (κ2) is 10.9. The van der Waals surface area contributed by atoms with E-state index in [2.05, 4.69) is 40.3 Å². The van der Waals surface area contributed by atoms with Gasteiger partial charge in [-0.15, -0.1) is 0 Å². The summed E-state index contributed by atoms with van der Waals surface area (Å²) in [5.41, 5.74) is 3.30. The van der Waals surface area contributed by atoms with Crippen molar-refractivity contribution in [2.75, 3.05) is 31.6 Å². The van der Waals surface area contributed by atoms with Crippen LogP contribution < -0.4 is 15.0 Å². The van der Waals surface area contributed by atoms with Gasteiger partial charge in [0.1, 0.15) is 11.5 Å². The first-order valence-corrected chi connectivity index (χ1v) is 11.4. The van der Waals surface area contributed by atoms with Crippen LogP contribution in [0.2, 0.25) is 0 Å². The molecular weight excluding hydrogens is 426 g/mol. The Hall–Kier alpha value is -3.73. The van der Waals surface area contributed by atoms with Crippen molar-refractivity contribution in [1.29, 1.82) is 5.26 Å². The third kappa shape index (κ3) is 6.19. The first kappa shape index (κ1) is 23.4. The third-order valence-corrected chi connectivity index (χ3v) is 5.89. The summed E-state index contributed by atoms with van der Waals surface area (Å²) in [6.07, 6.45) is 1.79. The number of hydrogen-bond acceptors (Lipinski definition) is 6. The quantitative estimate of drug-likeness (QED) is 0.585. The van der Waals surface area contributed by atoms with E-state index in [1.165, 1.54) is 5.56 Å². The zero-order valence-corrected chi connectivity index (χ0v) is 19.6. The number of carbonyl (C=O) groups excluding carboxylic acids is 1. The van der Waals surface area contributed by atoms with Crippen molar-refractivity contribution >= 4 is 11.6 Å². The number of aromatic nitrogens is 1. The van der Waals surface area contributed by atoms with E-state index < -0.39 is 0 Å². The number of nitriles is 1. The van der Waals surface area contributed by atoms with Crippen LogP contribution in [-0.2, 0) is 17.8 Å². The number of benzene rings is 2. The van der Waals surface area contributed by atoms with Gasteiger partial charge in [0, 0.05) is 50.6 Å². The predicted molar refractivity (Wildman–Crippen MR) is 132 cm³/mol. The lowest BCUT2D eigenvalue weighted by molar-refractivity contribution is -0.117. The molecule has 0 spiro atoms. The van der Waals surface area contributed by atoms with Crippen molar-refractivity contribution in [3.8, 4) is 17.6 Å². The molecule has 1 N–H and O–H groups in total. The van der Waals surface area contributed by atoms with Gasteiger partial charge in [0.05, 0.1) is 24.3 Å². The van der Waals surface area contributed by atoms with Crippen LogP contribution in [0.4, 0.5) is 5.69 Å². The molecular formula is C27H29N5O2. The van der Waals surface area contributed by atoms with Gasteiger partial charge in [-0.25, -0.2) is 0 Å². The summed E-state index contributed by atoms with van der Waals surface area (Å²) in [6, 6.07) is 21.3. The molecule has 1 aliphatic heterocycles. The van der Waals surface area contributed by atoms with Crippen LogP contribution >= 0.6 is 0 Å². The zero-order valence-electron chi connectivity index (χ0n) is 19.6. The minimum absolute atomic E-state index is 0.0356. The van der Waals surface area contributed by atoms with Crippen molar-refractivity contribution in [2.45, 2.75) is 25.9 Å². The molecule has 0 aliphatic carbocycles. The molecule has 2 heterocycles. The second-order valence-electron chi connectivity index (χ2n) is 8.61. The fourth-order valence-corrected chi connectivity index (χ4v) is 4.00. The Morgan fingerprint density at radius 1 is 1.21 bits per heavy atom. The normalized spacial score (nSPS) is 16.0. The average Bonchev–Trinajstić information content (AvgIpc) is 2.85. The number of hydrogen-bond donors (Lipinski definition) is 1. The van der Waals surface area contributed by atoms with Crippen LogP contribution in [0, 0.1) is 11.3 Å². The minimum Gasteiger partial charge on any atom is -0.456 e. The van der Waals surface area contributed by atoms with E-state index in [0.717, 1.165) is 31.9 Å². The average molecular weight is 456 g/mol. The number of rotatable bonds is 7. The third-order valence-electron chi connectivity index (χ3n) is 5.89. The fourth-order valence-electron chi connectivity index (χ4n) is 4.00. The summed E-state index contributed by atoms with van der Waals surface area (Å²) in [6.45, 7) is 6.24. The Balaban J connectivity index is 1.31. The Labute approximate surface area is 200 Å². The lowest BCUT2D eigenvalue weighted by atomic mass is 10.1. The van der Waals surface area contributed by atoms with Crippen LogP contribution in [0.25, 0.3) is 0 Å². The lowest BCUT2D eigenvalue weighted by Crippen LogP contribution is -2.48. The van der Waals surface area contributed by atoms with E-state index >= 15 is 0 Å². The molecule has 1 amide bonds. The van der Waals surface area contributed by atoms with E-state index in [0.29, 0.717) is 28.8 Å². The Kier molecular flexibility index (Phi) is 7.53. The number of ether oxygens (including phenoxy) is 1. The number of nitrogens with zero attached hydrogens (tertiary/aromatic N) is 4. The molecule has 1 atom stereocenters. The molecule has 7 nitrogen and oxygen atoms in total. The van der Waals surface area contributed by atoms with Crippen LogP contribution in [0.1, 0.15) is 23.7 Å². The van der Waals surface area contributed by atoms with Crippen LogP contribution in [-0.4, -0.2) is 48.5 Å². The predicted octanol–water partition coefficient (Wildman–Crippen LogP) is 3.74. The molecule has 3 aromatic rings. The van der Waals surface area contributed by atoms with E-state index in [4.69, 9.17) is 10.00 Å². The molecule has 1 saturated heterocycles. The molecule has 7 heteroatoms. The van der Waals surface area contributed by atoms with Gasteiger partial charge >= 0.3 is 0 Å². The van der Waals surface area contributed by atoms with Crippen molar-refractivity contribution in [2.24, 2.45) is 0 Å². The maximum Gasteiger partial charge on any atom is 0.232 e. The van der Waals surface area contributed by atoms with Crippen LogP contribution in [0.3, 0.4) is 0 Å². The van der Waals surface area contributed by atoms with Crippen molar-refractivity contribution in [1.82, 2.24) is 15.2 Å². The summed E-state index contributed by atoms with van der Waals surface area (Å²) >= 11 is 0. The first-order valence-electron chi connectivity index (χ1n) is 11.4. The van der Waals surface area contributed by atoms with Gasteiger partial charge in [-0.05, 0) is 55.0 Å². The first-order chi connectivity index (χ1) is 16.5. The van der Waals surface area contributed by atoms with Crippen LogP contribution in [0.5, 0.6) is 11.5 Å². The summed E-state index contributed by atoms with van der Waals surface area (Å²) in [7, 11) is 1.79. The number of carbonyl (C=O) groups is 1. The summed E-state index contributed by atoms with van der Waals surface area (Å²) in [4.78, 5) is 21.3. The molecule has 0 radical (unpaired) electrons. The fraction of sp³-hybridized carbons (Fsp3) is 0.296. The number of likely N-dealkylation sites (N-methyl/N-ethyl adjacent to an activating group) is 1. The highest BCUT2D eigenvalue weighted by molar-refractivity contribution is 5.94. The summed E-state index contributed by atoms with van der Waals surface area (Å²) in [5.74, 6) is 1.08. The molecule has 1 aromatic heterocycles. The highest BCUT2D eigenvalue weighted by Gasteiger charge is 2.16. The lowest BCUT2D eigenvalue weighted by Gasteiger charge is -2.31. The van der Waals surface area contributed by atoms with Gasteiger partial charge in [-0.2, -0.15) is 5.26 Å². The number of anilines is 1. The molecule has 0 unspecified atom stereocenters. The largest absolute Gasteiger partial charge is 0.456 e. The van der Waals surface area contributed by atoms with Crippen molar-refractivity contribution < 1.29 is 9.53 Å². The Morgan fingerprint density at radius 2 is 2.03 bits per heavy atom. The molecule has 174 valence electrons. The maximum atomic E-state index is 12.8. The van der Waals surface area contributed by atoms with Gasteiger partial charge in [-0.1, -0.05) is 18.2 Å². The van der Waals surface area contributed by atoms with E-state index in [9.17, 15) is 4.79 Å². The SMILES string of the molecule is C[C@H]1CN(Cc2ccc(N(C)C(=O)Cc3ccc(Oc4cccc(C#N)c4)cn3)cc2)CCN1. The molecule has 0 bridgehead atoms. The Morgan fingerprint density at radius 3 is 2.74 bits per heavy atom. The molecule has 34 heavy (non-hydrogen) atoms. The van der Waals surface area contributed by atoms with Gasteiger partial charge in [-0.3, -0.25) is 14.7 Å². The highest BCUT2D eigenvalue weighted by Crippen LogP contribution is 2.22. The molecule has 2 aromatic carbocycles. The number of pyridine rings is 1. The van der Waals surface area contributed by atoms with Crippen LogP contribution in [0.15, 0.2) is 66.9 Å². The number of amides is 1. The molecule has 0 saturated carbocycles. The molecule has 1 aliphatic rings.